The first-order valence-electron chi connectivity index (χ1n) is 20.7. The van der Waals surface area contributed by atoms with E-state index in [1.54, 1.807) is 0 Å². The summed E-state index contributed by atoms with van der Waals surface area (Å²) in [6, 6.07) is 35.1. The van der Waals surface area contributed by atoms with Crippen molar-refractivity contribution in [2.24, 2.45) is 0 Å². The summed E-state index contributed by atoms with van der Waals surface area (Å²) in [5.74, 6) is 0. The molecule has 0 saturated carbocycles. The number of anilines is 4. The van der Waals surface area contributed by atoms with Gasteiger partial charge in [-0.1, -0.05) is 90.3 Å². The van der Waals surface area contributed by atoms with Crippen molar-refractivity contribution in [3.8, 4) is 0 Å². The molecule has 7 rings (SSSR count). The Hall–Kier alpha value is -4.22. The van der Waals surface area contributed by atoms with E-state index in [1.165, 1.54) is 54.2 Å². The Morgan fingerprint density at radius 3 is 1.91 bits per heavy atom. The Bertz CT molecular complexity index is 2040. The molecule has 2 heterocycles. The lowest BCUT2D eigenvalue weighted by molar-refractivity contribution is 0.0556. The third kappa shape index (κ3) is 10.5. The minimum absolute atomic E-state index is 0.152. The second kappa shape index (κ2) is 21.2. The molecule has 2 aliphatic heterocycles. The minimum atomic E-state index is 0.152. The van der Waals surface area contributed by atoms with E-state index in [9.17, 15) is 0 Å². The molecular formula is C49H57N3O4S2. The van der Waals surface area contributed by atoms with Crippen molar-refractivity contribution in [2.45, 2.75) is 55.7 Å². The van der Waals surface area contributed by atoms with Crippen LogP contribution in [0.2, 0.25) is 0 Å². The standard InChI is InChI=1S/C49H57N3O4S2/c1-5-53-31-33-55-29-27-50-43-23-17-37(3)35-45(43)57-47(50)25-21-39-19-20-40(49(39)52(41-13-9-7-10-14-41)42-15-11-8-12-16-42)22-26-48-51(28-30-56-34-32-54-6-2)44-24-18-38(4)36-46(44)58-48/h7-18,21-26,35-36,47H,5-6,19-20,27-34H2,1-4H3/b25-21+,40-22+,48-26-. The zero-order valence-corrected chi connectivity index (χ0v) is 36.0. The highest BCUT2D eigenvalue weighted by Crippen LogP contribution is 2.48. The van der Waals surface area contributed by atoms with E-state index in [0.29, 0.717) is 52.9 Å². The van der Waals surface area contributed by atoms with E-state index in [2.05, 4.69) is 150 Å². The molecule has 1 atom stereocenters. The van der Waals surface area contributed by atoms with Gasteiger partial charge in [0.1, 0.15) is 0 Å². The van der Waals surface area contributed by atoms with Crippen molar-refractivity contribution >= 4 is 46.3 Å². The van der Waals surface area contributed by atoms with Crippen LogP contribution in [0.15, 0.2) is 153 Å². The van der Waals surface area contributed by atoms with Crippen molar-refractivity contribution in [3.63, 3.8) is 0 Å². The van der Waals surface area contributed by atoms with Gasteiger partial charge in [-0.2, -0.15) is 0 Å². The van der Waals surface area contributed by atoms with E-state index in [0.717, 1.165) is 37.3 Å². The molecule has 7 nitrogen and oxygen atoms in total. The summed E-state index contributed by atoms with van der Waals surface area (Å²) in [5, 5.41) is 1.37. The Labute approximate surface area is 354 Å². The van der Waals surface area contributed by atoms with Crippen LogP contribution in [0.3, 0.4) is 0 Å². The minimum Gasteiger partial charge on any atom is -0.379 e. The summed E-state index contributed by atoms with van der Waals surface area (Å²) in [6.45, 7) is 15.1. The zero-order valence-electron chi connectivity index (χ0n) is 34.4. The molecule has 0 saturated heterocycles. The molecule has 0 amide bonds. The largest absolute Gasteiger partial charge is 0.379 e. The average molecular weight is 816 g/mol. The Balaban J connectivity index is 1.23. The Kier molecular flexibility index (Phi) is 15.3. The molecule has 9 heteroatoms. The van der Waals surface area contributed by atoms with Crippen LogP contribution in [0.4, 0.5) is 22.7 Å². The normalized spacial score (nSPS) is 17.7. The number of thioether (sulfide) groups is 2. The first-order chi connectivity index (χ1) is 28.5. The van der Waals surface area contributed by atoms with Gasteiger partial charge in [-0.05, 0) is 117 Å². The fourth-order valence-electron chi connectivity index (χ4n) is 7.54. The van der Waals surface area contributed by atoms with Crippen molar-refractivity contribution < 1.29 is 18.9 Å². The predicted octanol–water partition coefficient (Wildman–Crippen LogP) is 11.5. The van der Waals surface area contributed by atoms with E-state index in [-0.39, 0.29) is 5.37 Å². The number of nitrogens with zero attached hydrogens (tertiary/aromatic N) is 3. The quantitative estimate of drug-likeness (QED) is 0.0812. The highest BCUT2D eigenvalue weighted by atomic mass is 32.2. The number of hydrogen-bond acceptors (Lipinski definition) is 9. The van der Waals surface area contributed by atoms with E-state index in [1.807, 2.05) is 37.4 Å². The van der Waals surface area contributed by atoms with Gasteiger partial charge in [-0.25, -0.2) is 0 Å². The van der Waals surface area contributed by atoms with Crippen molar-refractivity contribution in [2.75, 3.05) is 80.6 Å². The molecule has 58 heavy (non-hydrogen) atoms. The van der Waals surface area contributed by atoms with Gasteiger partial charge in [0.2, 0.25) is 0 Å². The molecule has 0 fully saturated rings. The van der Waals surface area contributed by atoms with Gasteiger partial charge in [-0.15, -0.1) is 0 Å². The van der Waals surface area contributed by atoms with Gasteiger partial charge in [0.05, 0.1) is 67.1 Å². The highest BCUT2D eigenvalue weighted by Gasteiger charge is 2.31. The predicted molar refractivity (Wildman–Crippen MR) is 244 cm³/mol. The van der Waals surface area contributed by atoms with Gasteiger partial charge >= 0.3 is 0 Å². The summed E-state index contributed by atoms with van der Waals surface area (Å²) < 4.78 is 23.0. The van der Waals surface area contributed by atoms with Crippen LogP contribution in [0, 0.1) is 13.8 Å². The molecule has 4 aromatic carbocycles. The smallest absolute Gasteiger partial charge is 0.0987 e. The van der Waals surface area contributed by atoms with Crippen LogP contribution in [0.5, 0.6) is 0 Å². The van der Waals surface area contributed by atoms with E-state index >= 15 is 0 Å². The lowest BCUT2D eigenvalue weighted by Crippen LogP contribution is -2.31. The molecule has 1 aliphatic carbocycles. The summed E-state index contributed by atoms with van der Waals surface area (Å²) >= 11 is 3.77. The third-order valence-corrected chi connectivity index (χ3v) is 12.7. The maximum atomic E-state index is 6.02. The van der Waals surface area contributed by atoms with Gasteiger partial charge in [0, 0.05) is 47.5 Å². The van der Waals surface area contributed by atoms with Gasteiger partial charge in [0.25, 0.3) is 0 Å². The molecule has 0 aromatic heterocycles. The van der Waals surface area contributed by atoms with Crippen molar-refractivity contribution in [1.82, 2.24) is 0 Å². The monoisotopic (exact) mass is 815 g/mol. The second-order valence-electron chi connectivity index (χ2n) is 14.5. The SMILES string of the molecule is CCOCCOCCN1/C(=C/C=C2\CCC(/C=C/C3Sc4cc(C)ccc4N3CCOCCOCC)=C2N(c2ccccc2)c2ccccc2)Sc2cc(C)ccc21. The molecule has 3 aliphatic rings. The number of ether oxygens (including phenoxy) is 4. The number of hydrogen-bond donors (Lipinski definition) is 0. The zero-order chi connectivity index (χ0) is 40.1. The lowest BCUT2D eigenvalue weighted by Gasteiger charge is -2.29. The number of fused-ring (bicyclic) bond motifs is 2. The number of benzene rings is 4. The first kappa shape index (κ1) is 41.9. The van der Waals surface area contributed by atoms with Crippen LogP contribution >= 0.6 is 23.5 Å². The summed E-state index contributed by atoms with van der Waals surface area (Å²) in [7, 11) is 0. The fourth-order valence-corrected chi connectivity index (χ4v) is 10.1. The second-order valence-corrected chi connectivity index (χ2v) is 16.7. The molecular weight excluding hydrogens is 759 g/mol. The lowest BCUT2D eigenvalue weighted by atomic mass is 10.1. The van der Waals surface area contributed by atoms with Crippen LogP contribution in [0.25, 0.3) is 0 Å². The van der Waals surface area contributed by atoms with Gasteiger partial charge < -0.3 is 33.6 Å². The number of rotatable bonds is 20. The molecule has 4 aromatic rings. The Morgan fingerprint density at radius 1 is 0.655 bits per heavy atom. The average Bonchev–Trinajstić information content (AvgIpc) is 3.91. The highest BCUT2D eigenvalue weighted by molar-refractivity contribution is 8.03. The van der Waals surface area contributed by atoms with Crippen LogP contribution < -0.4 is 14.7 Å². The van der Waals surface area contributed by atoms with Gasteiger partial charge in [0.15, 0.2) is 0 Å². The first-order valence-corrected chi connectivity index (χ1v) is 22.4. The number of para-hydroxylation sites is 2. The third-order valence-electron chi connectivity index (χ3n) is 10.4. The maximum Gasteiger partial charge on any atom is 0.0987 e. The van der Waals surface area contributed by atoms with Gasteiger partial charge in [-0.3, -0.25) is 0 Å². The van der Waals surface area contributed by atoms with Crippen LogP contribution in [-0.4, -0.2) is 71.3 Å². The van der Waals surface area contributed by atoms with E-state index in [4.69, 9.17) is 18.9 Å². The number of allylic oxidation sites excluding steroid dienone is 5. The van der Waals surface area contributed by atoms with E-state index < -0.39 is 0 Å². The topological polar surface area (TPSA) is 46.6 Å². The fraction of sp³-hybridized carbons (Fsp3) is 0.347. The number of aryl methyl sites for hydroxylation is 2. The summed E-state index contributed by atoms with van der Waals surface area (Å²) in [6.07, 6.45) is 11.4. The molecule has 0 bridgehead atoms. The van der Waals surface area contributed by atoms with Crippen molar-refractivity contribution in [1.29, 1.82) is 0 Å². The Morgan fingerprint density at radius 2 is 1.26 bits per heavy atom. The van der Waals surface area contributed by atoms with Crippen LogP contribution in [0.1, 0.15) is 37.8 Å². The summed E-state index contributed by atoms with van der Waals surface area (Å²) in [5.41, 5.74) is 11.2. The maximum absolute atomic E-state index is 6.02. The molecule has 0 spiro atoms. The molecule has 0 radical (unpaired) electrons. The summed E-state index contributed by atoms with van der Waals surface area (Å²) in [4.78, 5) is 9.96. The molecule has 0 N–H and O–H groups in total. The van der Waals surface area contributed by atoms with Crippen LogP contribution in [-0.2, 0) is 18.9 Å². The molecule has 304 valence electrons. The molecule has 1 unspecified atom stereocenters. The van der Waals surface area contributed by atoms with Crippen molar-refractivity contribution in [3.05, 3.63) is 154 Å².